The molecule has 0 aliphatic carbocycles. The molecule has 4 nitrogen and oxygen atoms in total. The molecule has 1 aliphatic rings. The van der Waals surface area contributed by atoms with Gasteiger partial charge in [0.25, 0.3) is 0 Å². The number of hydrogen-bond donors (Lipinski definition) is 0. The lowest BCUT2D eigenvalue weighted by Gasteiger charge is -2.13. The Morgan fingerprint density at radius 3 is 2.67 bits per heavy atom. The first-order chi connectivity index (χ1) is 5.83. The highest BCUT2D eigenvalue weighted by Crippen LogP contribution is 2.05. The molecule has 1 rings (SSSR count). The molecule has 70 valence electrons. The van der Waals surface area contributed by atoms with Gasteiger partial charge in [0.15, 0.2) is 0 Å². The van der Waals surface area contributed by atoms with E-state index < -0.39 is 6.16 Å². The van der Waals surface area contributed by atoms with Gasteiger partial charge in [-0.3, -0.25) is 4.90 Å². The summed E-state index contributed by atoms with van der Waals surface area (Å²) in [5, 5.41) is 0. The zero-order valence-corrected chi connectivity index (χ0v) is 7.41. The molecule has 1 aliphatic heterocycles. The number of rotatable bonds is 3. The molecule has 0 aromatic heterocycles. The molecule has 0 spiro atoms. The van der Waals surface area contributed by atoms with Crippen LogP contribution in [-0.4, -0.2) is 44.4 Å². The van der Waals surface area contributed by atoms with Crippen molar-refractivity contribution in [2.24, 2.45) is 0 Å². The molecule has 0 radical (unpaired) electrons. The van der Waals surface area contributed by atoms with Crippen molar-refractivity contribution >= 4 is 6.16 Å². The largest absolute Gasteiger partial charge is 0.508 e. The van der Waals surface area contributed by atoms with Gasteiger partial charge in [0.2, 0.25) is 0 Å². The quantitative estimate of drug-likeness (QED) is 0.593. The maximum Gasteiger partial charge on any atom is 0.508 e. The van der Waals surface area contributed by atoms with Gasteiger partial charge in [0.05, 0.1) is 7.11 Å². The smallest absolute Gasteiger partial charge is 0.438 e. The van der Waals surface area contributed by atoms with Crippen LogP contribution in [0.2, 0.25) is 0 Å². The van der Waals surface area contributed by atoms with E-state index in [2.05, 4.69) is 9.64 Å². The van der Waals surface area contributed by atoms with Gasteiger partial charge in [0, 0.05) is 6.54 Å². The normalized spacial score (nSPS) is 17.8. The Hall–Kier alpha value is -0.770. The third-order valence-electron chi connectivity index (χ3n) is 1.99. The molecule has 0 amide bonds. The zero-order valence-electron chi connectivity index (χ0n) is 7.41. The number of ether oxygens (including phenoxy) is 2. The van der Waals surface area contributed by atoms with Gasteiger partial charge < -0.3 is 9.47 Å². The summed E-state index contributed by atoms with van der Waals surface area (Å²) in [7, 11) is 1.32. The molecule has 1 saturated heterocycles. The summed E-state index contributed by atoms with van der Waals surface area (Å²) in [4.78, 5) is 12.8. The molecule has 0 aromatic rings. The standard InChI is InChI=1S/C8H15NO3/c1-11-8(10)12-7-6-9-4-2-3-5-9/h2-7H2,1H3. The van der Waals surface area contributed by atoms with Crippen LogP contribution in [0, 0.1) is 0 Å². The van der Waals surface area contributed by atoms with Crippen LogP contribution in [0.15, 0.2) is 0 Å². The molecule has 0 N–H and O–H groups in total. The van der Waals surface area contributed by atoms with Gasteiger partial charge in [-0.25, -0.2) is 4.79 Å². The van der Waals surface area contributed by atoms with Crippen LogP contribution in [0.3, 0.4) is 0 Å². The van der Waals surface area contributed by atoms with Crippen molar-refractivity contribution in [3.63, 3.8) is 0 Å². The van der Waals surface area contributed by atoms with Crippen molar-refractivity contribution in [2.45, 2.75) is 12.8 Å². The molecular weight excluding hydrogens is 158 g/mol. The molecule has 0 bridgehead atoms. The monoisotopic (exact) mass is 173 g/mol. The molecule has 0 unspecified atom stereocenters. The fourth-order valence-corrected chi connectivity index (χ4v) is 1.32. The highest BCUT2D eigenvalue weighted by Gasteiger charge is 2.11. The van der Waals surface area contributed by atoms with Crippen molar-refractivity contribution < 1.29 is 14.3 Å². The van der Waals surface area contributed by atoms with Gasteiger partial charge in [-0.1, -0.05) is 0 Å². The molecular formula is C8H15NO3. The number of nitrogens with zero attached hydrogens (tertiary/aromatic N) is 1. The zero-order chi connectivity index (χ0) is 8.81. The van der Waals surface area contributed by atoms with Crippen LogP contribution in [0.25, 0.3) is 0 Å². The fraction of sp³-hybridized carbons (Fsp3) is 0.875. The predicted molar refractivity (Wildman–Crippen MR) is 44.0 cm³/mol. The van der Waals surface area contributed by atoms with Gasteiger partial charge in [-0.05, 0) is 25.9 Å². The van der Waals surface area contributed by atoms with Gasteiger partial charge >= 0.3 is 6.16 Å². The molecule has 0 saturated carbocycles. The highest BCUT2D eigenvalue weighted by molar-refractivity contribution is 5.59. The van der Waals surface area contributed by atoms with E-state index in [1.807, 2.05) is 0 Å². The van der Waals surface area contributed by atoms with Crippen LogP contribution in [-0.2, 0) is 9.47 Å². The van der Waals surface area contributed by atoms with Crippen molar-refractivity contribution in [3.8, 4) is 0 Å². The van der Waals surface area contributed by atoms with E-state index in [9.17, 15) is 4.79 Å². The maximum atomic E-state index is 10.5. The highest BCUT2D eigenvalue weighted by atomic mass is 16.7. The van der Waals surface area contributed by atoms with Crippen molar-refractivity contribution in [3.05, 3.63) is 0 Å². The minimum absolute atomic E-state index is 0.437. The SMILES string of the molecule is COC(=O)OCCN1CCCC1. The summed E-state index contributed by atoms with van der Waals surface area (Å²) in [6, 6.07) is 0. The van der Waals surface area contributed by atoms with E-state index >= 15 is 0 Å². The first-order valence-electron chi connectivity index (χ1n) is 4.26. The minimum atomic E-state index is -0.589. The summed E-state index contributed by atoms with van der Waals surface area (Å²) in [5.74, 6) is 0. The second-order valence-electron chi connectivity index (χ2n) is 2.85. The van der Waals surface area contributed by atoms with E-state index in [1.54, 1.807) is 0 Å². The Labute approximate surface area is 72.4 Å². The van der Waals surface area contributed by atoms with E-state index in [1.165, 1.54) is 20.0 Å². The van der Waals surface area contributed by atoms with Gasteiger partial charge in [-0.15, -0.1) is 0 Å². The van der Waals surface area contributed by atoms with Crippen LogP contribution >= 0.6 is 0 Å². The lowest BCUT2D eigenvalue weighted by molar-refractivity contribution is 0.0659. The van der Waals surface area contributed by atoms with Crippen LogP contribution in [0.5, 0.6) is 0 Å². The lowest BCUT2D eigenvalue weighted by Crippen LogP contribution is -2.25. The molecule has 0 aromatic carbocycles. The molecule has 0 atom stereocenters. The number of likely N-dealkylation sites (tertiary alicyclic amines) is 1. The number of hydrogen-bond acceptors (Lipinski definition) is 4. The van der Waals surface area contributed by atoms with Crippen LogP contribution < -0.4 is 0 Å². The Bertz CT molecular complexity index is 143. The number of carbonyl (C=O) groups is 1. The van der Waals surface area contributed by atoms with Crippen molar-refractivity contribution in [2.75, 3.05) is 33.4 Å². The summed E-state index contributed by atoms with van der Waals surface area (Å²) in [6.07, 6.45) is 1.94. The molecule has 12 heavy (non-hydrogen) atoms. The third-order valence-corrected chi connectivity index (χ3v) is 1.99. The summed E-state index contributed by atoms with van der Waals surface area (Å²) in [5.41, 5.74) is 0. The van der Waals surface area contributed by atoms with Crippen molar-refractivity contribution in [1.82, 2.24) is 4.90 Å². The Morgan fingerprint density at radius 2 is 2.08 bits per heavy atom. The number of methoxy groups -OCH3 is 1. The van der Waals surface area contributed by atoms with Crippen LogP contribution in [0.1, 0.15) is 12.8 Å². The number of carbonyl (C=O) groups excluding carboxylic acids is 1. The second-order valence-corrected chi connectivity index (χ2v) is 2.85. The minimum Gasteiger partial charge on any atom is -0.438 e. The predicted octanol–water partition coefficient (Wildman–Crippen LogP) is 0.865. The summed E-state index contributed by atoms with van der Waals surface area (Å²) in [6.45, 7) is 3.52. The van der Waals surface area contributed by atoms with E-state index in [-0.39, 0.29) is 0 Å². The average Bonchev–Trinajstić information content (AvgIpc) is 2.57. The van der Waals surface area contributed by atoms with Crippen molar-refractivity contribution in [1.29, 1.82) is 0 Å². The Kier molecular flexibility index (Phi) is 3.87. The topological polar surface area (TPSA) is 38.8 Å². The maximum absolute atomic E-state index is 10.5. The average molecular weight is 173 g/mol. The first-order valence-corrected chi connectivity index (χ1v) is 4.26. The van der Waals surface area contributed by atoms with E-state index in [0.29, 0.717) is 6.61 Å². The fourth-order valence-electron chi connectivity index (χ4n) is 1.32. The lowest BCUT2D eigenvalue weighted by atomic mass is 10.4. The molecule has 1 heterocycles. The molecule has 1 fully saturated rings. The molecule has 4 heteroatoms. The Morgan fingerprint density at radius 1 is 1.42 bits per heavy atom. The third kappa shape index (κ3) is 3.09. The van der Waals surface area contributed by atoms with Crippen LogP contribution in [0.4, 0.5) is 4.79 Å². The second kappa shape index (κ2) is 4.98. The Balaban J connectivity index is 1.97. The van der Waals surface area contributed by atoms with Gasteiger partial charge in [-0.2, -0.15) is 0 Å². The van der Waals surface area contributed by atoms with Gasteiger partial charge in [0.1, 0.15) is 6.61 Å². The first kappa shape index (κ1) is 9.32. The van der Waals surface area contributed by atoms with E-state index in [4.69, 9.17) is 4.74 Å². The summed E-state index contributed by atoms with van der Waals surface area (Å²) < 4.78 is 9.09. The van der Waals surface area contributed by atoms with E-state index in [0.717, 1.165) is 19.6 Å². The summed E-state index contributed by atoms with van der Waals surface area (Å²) >= 11 is 0.